The third-order valence-electron chi connectivity index (χ3n) is 6.70. The Balaban J connectivity index is 1.57. The molecule has 1 aromatic carbocycles. The Morgan fingerprint density at radius 1 is 1.29 bits per heavy atom. The maximum Gasteiger partial charge on any atom is 0.459 e. The van der Waals surface area contributed by atoms with Gasteiger partial charge in [-0.25, -0.2) is 13.8 Å². The summed E-state index contributed by atoms with van der Waals surface area (Å²) < 4.78 is 41.7. The number of anilines is 1. The fraction of sp³-hybridized carbons (Fsp3) is 0.542. The number of hydrogen-bond acceptors (Lipinski definition) is 9. The van der Waals surface area contributed by atoms with Crippen LogP contribution in [-0.2, 0) is 14.1 Å². The quantitative estimate of drug-likeness (QED) is 0.301. The number of carbonyl (C=O) groups excluding carboxylic acids is 1. The average Bonchev–Trinajstić information content (AvgIpc) is 3.16. The van der Waals surface area contributed by atoms with E-state index in [0.717, 1.165) is 40.3 Å². The molecule has 2 fully saturated rings. The minimum atomic E-state index is -4.71. The summed E-state index contributed by atoms with van der Waals surface area (Å²) in [6.45, 7) is 1.01. The van der Waals surface area contributed by atoms with Gasteiger partial charge in [-0.2, -0.15) is 9.65 Å². The van der Waals surface area contributed by atoms with Crippen molar-refractivity contribution in [3.05, 3.63) is 53.1 Å². The number of carbonyl (C=O) groups is 1. The second-order valence-electron chi connectivity index (χ2n) is 9.43. The SMILES string of the molecule is C[C@@H](C(=O)OC1CCCCC1)N(C[C@H]1S[C@@H](n2ccc(N)nc2=O)[C@@H](F)[C@@H]1O)P(=O)(O)Oc1ccccc1. The van der Waals surface area contributed by atoms with Crippen LogP contribution in [0.2, 0.25) is 0 Å². The van der Waals surface area contributed by atoms with Crippen molar-refractivity contribution in [1.29, 1.82) is 0 Å². The summed E-state index contributed by atoms with van der Waals surface area (Å²) in [7, 11) is -4.71. The largest absolute Gasteiger partial charge is 0.461 e. The van der Waals surface area contributed by atoms with Gasteiger partial charge in [-0.05, 0) is 50.8 Å². The van der Waals surface area contributed by atoms with E-state index in [9.17, 15) is 24.2 Å². The molecule has 2 aromatic rings. The lowest BCUT2D eigenvalue weighted by atomic mass is 9.98. The van der Waals surface area contributed by atoms with Crippen LogP contribution < -0.4 is 15.9 Å². The van der Waals surface area contributed by atoms with E-state index < -0.39 is 54.9 Å². The van der Waals surface area contributed by atoms with Gasteiger partial charge in [0.1, 0.15) is 35.2 Å². The topological polar surface area (TPSA) is 157 Å². The zero-order chi connectivity index (χ0) is 27.4. The van der Waals surface area contributed by atoms with Crippen LogP contribution in [0.1, 0.15) is 44.4 Å². The molecule has 0 spiro atoms. The van der Waals surface area contributed by atoms with E-state index >= 15 is 4.39 Å². The smallest absolute Gasteiger partial charge is 0.459 e. The second kappa shape index (κ2) is 12.2. The normalized spacial score (nSPS) is 26.6. The van der Waals surface area contributed by atoms with Gasteiger partial charge in [0.2, 0.25) is 0 Å². The highest BCUT2D eigenvalue weighted by atomic mass is 32.2. The highest BCUT2D eigenvalue weighted by Gasteiger charge is 2.49. The van der Waals surface area contributed by atoms with Crippen molar-refractivity contribution in [1.82, 2.24) is 14.2 Å². The van der Waals surface area contributed by atoms with Crippen molar-refractivity contribution in [2.45, 2.75) is 74.1 Å². The van der Waals surface area contributed by atoms with Crippen molar-refractivity contribution < 1.29 is 33.0 Å². The molecule has 0 radical (unpaired) electrons. The van der Waals surface area contributed by atoms with Gasteiger partial charge < -0.3 is 25.0 Å². The van der Waals surface area contributed by atoms with Gasteiger partial charge in [0, 0.05) is 18.0 Å². The second-order valence-corrected chi connectivity index (χ2v) is 12.5. The van der Waals surface area contributed by atoms with Gasteiger partial charge >= 0.3 is 19.4 Å². The van der Waals surface area contributed by atoms with E-state index in [2.05, 4.69) is 4.98 Å². The first-order valence-corrected chi connectivity index (χ1v) is 14.9. The van der Waals surface area contributed by atoms with Gasteiger partial charge in [0.05, 0.1) is 0 Å². The van der Waals surface area contributed by atoms with Crippen molar-refractivity contribution in [2.24, 2.45) is 0 Å². The summed E-state index contributed by atoms with van der Waals surface area (Å²) in [5.74, 6) is -0.651. The molecule has 4 rings (SSSR count). The highest BCUT2D eigenvalue weighted by Crippen LogP contribution is 2.51. The maximum absolute atomic E-state index is 15.2. The summed E-state index contributed by atoms with van der Waals surface area (Å²) in [6, 6.07) is 8.00. The Morgan fingerprint density at radius 2 is 1.97 bits per heavy atom. The third kappa shape index (κ3) is 6.58. The number of para-hydroxylation sites is 1. The zero-order valence-corrected chi connectivity index (χ0v) is 22.5. The van der Waals surface area contributed by atoms with Gasteiger partial charge in [-0.1, -0.05) is 24.6 Å². The number of hydrogen-bond donors (Lipinski definition) is 3. The molecule has 1 saturated carbocycles. The predicted molar refractivity (Wildman–Crippen MR) is 140 cm³/mol. The minimum absolute atomic E-state index is 0.0301. The minimum Gasteiger partial charge on any atom is -0.461 e. The number of aliphatic hydroxyl groups is 1. The Morgan fingerprint density at radius 3 is 2.63 bits per heavy atom. The number of halogens is 1. The van der Waals surface area contributed by atoms with Crippen molar-refractivity contribution >= 4 is 31.3 Å². The van der Waals surface area contributed by atoms with Crippen molar-refractivity contribution in [3.8, 4) is 5.75 Å². The first kappa shape index (κ1) is 28.6. The lowest BCUT2D eigenvalue weighted by molar-refractivity contribution is -0.155. The molecule has 0 amide bonds. The molecule has 14 heteroatoms. The molecule has 1 aliphatic carbocycles. The van der Waals surface area contributed by atoms with Crippen molar-refractivity contribution in [2.75, 3.05) is 12.3 Å². The average molecular weight is 571 g/mol. The Kier molecular flexibility index (Phi) is 9.15. The van der Waals surface area contributed by atoms with E-state index in [-0.39, 0.29) is 17.7 Å². The number of nitrogens with zero attached hydrogens (tertiary/aromatic N) is 3. The lowest BCUT2D eigenvalue weighted by Gasteiger charge is -2.33. The zero-order valence-electron chi connectivity index (χ0n) is 20.8. The number of aromatic nitrogens is 2. The van der Waals surface area contributed by atoms with Crippen LogP contribution in [0.5, 0.6) is 5.75 Å². The fourth-order valence-corrected chi connectivity index (χ4v) is 7.65. The monoisotopic (exact) mass is 570 g/mol. The number of benzene rings is 1. The number of rotatable bonds is 9. The fourth-order valence-electron chi connectivity index (χ4n) is 4.60. The molecule has 2 heterocycles. The van der Waals surface area contributed by atoms with Crippen LogP contribution in [0, 0.1) is 0 Å². The Labute approximate surface area is 223 Å². The summed E-state index contributed by atoms with van der Waals surface area (Å²) in [5, 5.41) is 8.56. The van der Waals surface area contributed by atoms with Crippen LogP contribution in [0.4, 0.5) is 10.2 Å². The molecule has 1 unspecified atom stereocenters. The number of nitrogen functional groups attached to an aromatic ring is 1. The number of ether oxygens (including phenoxy) is 1. The standard InChI is InChI=1S/C24H32FN4O7PS/c1-15(23(31)35-16-8-4-2-5-9-16)29(37(33,34)36-17-10-6-3-7-11-17)14-18-21(30)20(25)22(38-18)28-13-12-19(26)27-24(28)32/h3,6-7,10-13,15-16,18,20-22,30H,2,4-5,8-9,14H2,1H3,(H,33,34)(H2,26,27,32)/t15-,18+,20-,21+,22+/m0/s1. The van der Waals surface area contributed by atoms with Crippen LogP contribution in [-0.4, -0.2) is 66.4 Å². The van der Waals surface area contributed by atoms with Gasteiger partial charge in [0.15, 0.2) is 6.17 Å². The summed E-state index contributed by atoms with van der Waals surface area (Å²) in [6.07, 6.45) is 1.81. The molecule has 2 aliphatic rings. The van der Waals surface area contributed by atoms with Crippen LogP contribution in [0.3, 0.4) is 0 Å². The molecule has 38 heavy (non-hydrogen) atoms. The first-order valence-electron chi connectivity index (χ1n) is 12.4. The van der Waals surface area contributed by atoms with Gasteiger partial charge in [-0.3, -0.25) is 9.36 Å². The molecule has 1 aromatic heterocycles. The van der Waals surface area contributed by atoms with Crippen LogP contribution in [0.25, 0.3) is 0 Å². The van der Waals surface area contributed by atoms with Crippen molar-refractivity contribution in [3.63, 3.8) is 0 Å². The summed E-state index contributed by atoms with van der Waals surface area (Å²) >= 11 is 0.891. The number of nitrogens with two attached hydrogens (primary N) is 1. The van der Waals surface area contributed by atoms with E-state index in [4.69, 9.17) is 15.0 Å². The van der Waals surface area contributed by atoms with Crippen LogP contribution >= 0.6 is 19.5 Å². The highest BCUT2D eigenvalue weighted by molar-refractivity contribution is 8.00. The summed E-state index contributed by atoms with van der Waals surface area (Å²) in [4.78, 5) is 40.0. The van der Waals surface area contributed by atoms with Gasteiger partial charge in [-0.15, -0.1) is 11.8 Å². The van der Waals surface area contributed by atoms with E-state index in [1.807, 2.05) is 0 Å². The summed E-state index contributed by atoms with van der Waals surface area (Å²) in [5.41, 5.74) is 4.73. The lowest BCUT2D eigenvalue weighted by Crippen LogP contribution is -2.45. The molecule has 1 aliphatic heterocycles. The molecular formula is C24H32FN4O7PS. The number of alkyl halides is 1. The van der Waals surface area contributed by atoms with E-state index in [1.54, 1.807) is 18.2 Å². The number of thioether (sulfide) groups is 1. The molecule has 1 saturated heterocycles. The Hall–Kier alpha value is -2.44. The number of esters is 1. The third-order valence-corrected chi connectivity index (χ3v) is 9.85. The molecule has 6 atom stereocenters. The van der Waals surface area contributed by atoms with Crippen LogP contribution in [0.15, 0.2) is 47.4 Å². The molecular weight excluding hydrogens is 538 g/mol. The van der Waals surface area contributed by atoms with Gasteiger partial charge in [0.25, 0.3) is 0 Å². The molecule has 0 bridgehead atoms. The van der Waals surface area contributed by atoms with E-state index in [1.165, 1.54) is 31.3 Å². The molecule has 11 nitrogen and oxygen atoms in total. The van der Waals surface area contributed by atoms with E-state index in [0.29, 0.717) is 12.8 Å². The Bertz CT molecular complexity index is 1220. The molecule has 4 N–H and O–H groups in total. The first-order chi connectivity index (χ1) is 18.1. The number of aliphatic hydroxyl groups excluding tert-OH is 1. The predicted octanol–water partition coefficient (Wildman–Crippen LogP) is 2.88. The molecule has 208 valence electrons. The maximum atomic E-state index is 15.2.